The van der Waals surface area contributed by atoms with E-state index in [0.29, 0.717) is 12.3 Å². The maximum atomic E-state index is 12.7. The van der Waals surface area contributed by atoms with E-state index in [4.69, 9.17) is 4.74 Å². The number of carbonyl (C=O) groups excluding carboxylic acids is 2. The van der Waals surface area contributed by atoms with Gasteiger partial charge in [-0.05, 0) is 49.1 Å². The van der Waals surface area contributed by atoms with E-state index in [2.05, 4.69) is 36.5 Å². The third kappa shape index (κ3) is 4.50. The molecule has 1 saturated heterocycles. The summed E-state index contributed by atoms with van der Waals surface area (Å²) in [6.07, 6.45) is 6.86. The van der Waals surface area contributed by atoms with Crippen LogP contribution in [-0.2, 0) is 11.4 Å². The quantitative estimate of drug-likeness (QED) is 0.589. The molecule has 29 heavy (non-hydrogen) atoms. The average molecular weight is 390 g/mol. The molecule has 0 radical (unpaired) electrons. The summed E-state index contributed by atoms with van der Waals surface area (Å²) in [5.74, 6) is 0.542. The van der Waals surface area contributed by atoms with Gasteiger partial charge in [-0.15, -0.1) is 0 Å². The number of rotatable bonds is 5. The van der Waals surface area contributed by atoms with Crippen LogP contribution in [0.3, 0.4) is 0 Å². The molecule has 5 nitrogen and oxygen atoms in total. The first-order valence-electron chi connectivity index (χ1n) is 10.2. The maximum absolute atomic E-state index is 12.7. The molecule has 2 aromatic carbocycles. The largest absolute Gasteiger partial charge is 0.489 e. The molecule has 1 N–H and O–H groups in total. The van der Waals surface area contributed by atoms with Crippen LogP contribution in [0, 0.1) is 6.92 Å². The van der Waals surface area contributed by atoms with Crippen molar-refractivity contribution in [3.63, 3.8) is 0 Å². The van der Waals surface area contributed by atoms with Gasteiger partial charge in [-0.3, -0.25) is 9.69 Å². The number of amides is 3. The number of ether oxygens (including phenoxy) is 1. The summed E-state index contributed by atoms with van der Waals surface area (Å²) < 4.78 is 5.83. The zero-order valence-corrected chi connectivity index (χ0v) is 16.7. The molecule has 4 rings (SSSR count). The Morgan fingerprint density at radius 1 is 1.00 bits per heavy atom. The number of aryl methyl sites for hydroxylation is 1. The van der Waals surface area contributed by atoms with Gasteiger partial charge in [0.25, 0.3) is 5.91 Å². The van der Waals surface area contributed by atoms with E-state index >= 15 is 0 Å². The summed E-state index contributed by atoms with van der Waals surface area (Å²) in [5.41, 5.74) is 3.53. The van der Waals surface area contributed by atoms with Crippen LogP contribution in [-0.4, -0.2) is 22.9 Å². The van der Waals surface area contributed by atoms with Gasteiger partial charge < -0.3 is 10.1 Å². The standard InChI is InChI=1S/C24H26N2O3/c1-17-7-9-19(10-8-17)16-29-21-13-11-18(12-14-21)15-22-23(27)26(24(28)25-22)20-5-3-2-4-6-20/h7-15,20H,2-6,16H2,1H3,(H,25,28)/b22-15-. The molecule has 2 aromatic rings. The lowest BCUT2D eigenvalue weighted by Gasteiger charge is -2.28. The number of imide groups is 1. The summed E-state index contributed by atoms with van der Waals surface area (Å²) in [6.45, 7) is 2.56. The molecule has 0 bridgehead atoms. The molecule has 1 heterocycles. The van der Waals surface area contributed by atoms with Crippen LogP contribution < -0.4 is 10.1 Å². The average Bonchev–Trinajstić information content (AvgIpc) is 3.02. The van der Waals surface area contributed by atoms with Crippen LogP contribution in [0.25, 0.3) is 6.08 Å². The van der Waals surface area contributed by atoms with Crippen LogP contribution in [0.4, 0.5) is 4.79 Å². The smallest absolute Gasteiger partial charge is 0.329 e. The fourth-order valence-electron chi connectivity index (χ4n) is 3.90. The van der Waals surface area contributed by atoms with Gasteiger partial charge in [0.2, 0.25) is 0 Å². The molecular weight excluding hydrogens is 364 g/mol. The second kappa shape index (κ2) is 8.52. The van der Waals surface area contributed by atoms with E-state index in [1.54, 1.807) is 6.08 Å². The summed E-state index contributed by atoms with van der Waals surface area (Å²) >= 11 is 0. The summed E-state index contributed by atoms with van der Waals surface area (Å²) in [7, 11) is 0. The minimum absolute atomic E-state index is 0.0275. The van der Waals surface area contributed by atoms with Crippen molar-refractivity contribution >= 4 is 18.0 Å². The Balaban J connectivity index is 1.39. The number of carbonyl (C=O) groups is 2. The highest BCUT2D eigenvalue weighted by molar-refractivity contribution is 6.14. The minimum atomic E-state index is -0.300. The number of nitrogens with one attached hydrogen (secondary N) is 1. The Kier molecular flexibility index (Phi) is 5.65. The molecule has 5 heteroatoms. The molecule has 1 saturated carbocycles. The van der Waals surface area contributed by atoms with E-state index in [1.807, 2.05) is 24.3 Å². The molecule has 0 atom stereocenters. The normalized spacial score (nSPS) is 18.9. The summed E-state index contributed by atoms with van der Waals surface area (Å²) in [5, 5.41) is 2.73. The van der Waals surface area contributed by atoms with Crippen molar-refractivity contribution in [2.75, 3.05) is 0 Å². The Labute approximate surface area is 171 Å². The van der Waals surface area contributed by atoms with Gasteiger partial charge in [0.05, 0.1) is 0 Å². The zero-order chi connectivity index (χ0) is 20.2. The monoisotopic (exact) mass is 390 g/mol. The van der Waals surface area contributed by atoms with Crippen LogP contribution in [0.15, 0.2) is 54.2 Å². The third-order valence-corrected chi connectivity index (χ3v) is 5.57. The van der Waals surface area contributed by atoms with E-state index in [0.717, 1.165) is 42.6 Å². The van der Waals surface area contributed by atoms with Crippen LogP contribution in [0.2, 0.25) is 0 Å². The molecule has 2 aliphatic rings. The van der Waals surface area contributed by atoms with E-state index in [-0.39, 0.29) is 18.0 Å². The highest BCUT2D eigenvalue weighted by Gasteiger charge is 2.38. The lowest BCUT2D eigenvalue weighted by atomic mass is 9.94. The zero-order valence-electron chi connectivity index (χ0n) is 16.7. The fraction of sp³-hybridized carbons (Fsp3) is 0.333. The van der Waals surface area contributed by atoms with Gasteiger partial charge >= 0.3 is 6.03 Å². The highest BCUT2D eigenvalue weighted by Crippen LogP contribution is 2.27. The number of hydrogen-bond donors (Lipinski definition) is 1. The van der Waals surface area contributed by atoms with Gasteiger partial charge in [0.15, 0.2) is 0 Å². The summed E-state index contributed by atoms with van der Waals surface area (Å²) in [6, 6.07) is 15.5. The third-order valence-electron chi connectivity index (χ3n) is 5.57. The number of hydrogen-bond acceptors (Lipinski definition) is 3. The highest BCUT2D eigenvalue weighted by atomic mass is 16.5. The second-order valence-electron chi connectivity index (χ2n) is 7.80. The first-order valence-corrected chi connectivity index (χ1v) is 10.2. The van der Waals surface area contributed by atoms with Gasteiger partial charge in [-0.25, -0.2) is 4.79 Å². The topological polar surface area (TPSA) is 58.6 Å². The fourth-order valence-corrected chi connectivity index (χ4v) is 3.90. The van der Waals surface area contributed by atoms with Crippen LogP contribution in [0.5, 0.6) is 5.75 Å². The van der Waals surface area contributed by atoms with Crippen molar-refractivity contribution in [1.82, 2.24) is 10.2 Å². The Morgan fingerprint density at radius 2 is 1.69 bits per heavy atom. The number of benzene rings is 2. The van der Waals surface area contributed by atoms with Crippen LogP contribution >= 0.6 is 0 Å². The second-order valence-corrected chi connectivity index (χ2v) is 7.80. The molecular formula is C24H26N2O3. The first-order chi connectivity index (χ1) is 14.1. The molecule has 0 spiro atoms. The van der Waals surface area contributed by atoms with Gasteiger partial charge in [-0.2, -0.15) is 0 Å². The molecule has 1 aliphatic carbocycles. The number of urea groups is 1. The maximum Gasteiger partial charge on any atom is 0.329 e. The van der Waals surface area contributed by atoms with E-state index < -0.39 is 0 Å². The predicted molar refractivity (Wildman–Crippen MR) is 112 cm³/mol. The molecule has 150 valence electrons. The lowest BCUT2D eigenvalue weighted by molar-refractivity contribution is -0.124. The van der Waals surface area contributed by atoms with Gasteiger partial charge in [0, 0.05) is 6.04 Å². The molecule has 1 aliphatic heterocycles. The van der Waals surface area contributed by atoms with Crippen LogP contribution in [0.1, 0.15) is 48.8 Å². The van der Waals surface area contributed by atoms with Gasteiger partial charge in [0.1, 0.15) is 18.1 Å². The predicted octanol–water partition coefficient (Wildman–Crippen LogP) is 4.80. The Morgan fingerprint density at radius 3 is 2.38 bits per heavy atom. The summed E-state index contributed by atoms with van der Waals surface area (Å²) in [4.78, 5) is 26.4. The first kappa shape index (κ1) is 19.2. The molecule has 0 aromatic heterocycles. The van der Waals surface area contributed by atoms with E-state index in [1.165, 1.54) is 16.9 Å². The van der Waals surface area contributed by atoms with Crippen molar-refractivity contribution in [3.05, 3.63) is 70.9 Å². The SMILES string of the molecule is Cc1ccc(COc2ccc(/C=C3\NC(=O)N(C4CCCCC4)C3=O)cc2)cc1. The Hall–Kier alpha value is -3.08. The van der Waals surface area contributed by atoms with Crippen molar-refractivity contribution in [2.45, 2.75) is 51.7 Å². The number of nitrogens with zero attached hydrogens (tertiary/aromatic N) is 1. The van der Waals surface area contributed by atoms with Gasteiger partial charge in [-0.1, -0.05) is 61.2 Å². The van der Waals surface area contributed by atoms with Crippen molar-refractivity contribution in [3.8, 4) is 5.75 Å². The molecule has 3 amide bonds. The Bertz CT molecular complexity index is 910. The van der Waals surface area contributed by atoms with Crippen molar-refractivity contribution in [2.24, 2.45) is 0 Å². The lowest BCUT2D eigenvalue weighted by Crippen LogP contribution is -2.41. The van der Waals surface area contributed by atoms with E-state index in [9.17, 15) is 9.59 Å². The minimum Gasteiger partial charge on any atom is -0.489 e. The van der Waals surface area contributed by atoms with Crippen molar-refractivity contribution in [1.29, 1.82) is 0 Å². The van der Waals surface area contributed by atoms with Crippen molar-refractivity contribution < 1.29 is 14.3 Å². The molecule has 2 fully saturated rings. The molecule has 0 unspecified atom stereocenters.